The summed E-state index contributed by atoms with van der Waals surface area (Å²) in [6.45, 7) is 0.151. The van der Waals surface area contributed by atoms with Gasteiger partial charge in [0.25, 0.3) is 5.91 Å². The maximum Gasteiger partial charge on any atom is 0.435 e. The van der Waals surface area contributed by atoms with E-state index in [0.717, 1.165) is 10.7 Å². The third-order valence-corrected chi connectivity index (χ3v) is 3.88. The fraction of sp³-hybridized carbons (Fsp3) is 0.158. The largest absolute Gasteiger partial charge is 0.435 e. The Morgan fingerprint density at radius 1 is 1.00 bits per heavy atom. The van der Waals surface area contributed by atoms with Gasteiger partial charge in [-0.25, -0.2) is 4.68 Å². The van der Waals surface area contributed by atoms with Gasteiger partial charge in [0.15, 0.2) is 5.69 Å². The molecule has 0 spiro atoms. The molecule has 0 radical (unpaired) electrons. The predicted molar refractivity (Wildman–Crippen MR) is 98.4 cm³/mol. The molecule has 2 N–H and O–H groups in total. The number of hydrogen-bond donors (Lipinski definition) is 2. The Morgan fingerprint density at radius 3 is 2.31 bits per heavy atom. The van der Waals surface area contributed by atoms with Gasteiger partial charge in [-0.3, -0.25) is 14.6 Å². The molecule has 2 amide bonds. The summed E-state index contributed by atoms with van der Waals surface area (Å²) in [7, 11) is 0. The van der Waals surface area contributed by atoms with E-state index in [4.69, 9.17) is 0 Å². The number of benzene rings is 1. The maximum atomic E-state index is 12.6. The van der Waals surface area contributed by atoms with Crippen LogP contribution in [0.3, 0.4) is 0 Å². The van der Waals surface area contributed by atoms with Gasteiger partial charge in [0.05, 0.1) is 5.69 Å². The van der Waals surface area contributed by atoms with E-state index in [9.17, 15) is 22.8 Å². The summed E-state index contributed by atoms with van der Waals surface area (Å²) in [5, 5.41) is 8.77. The molecule has 3 rings (SSSR count). The Morgan fingerprint density at radius 2 is 1.69 bits per heavy atom. The monoisotopic (exact) mass is 403 g/mol. The molecule has 150 valence electrons. The molecule has 29 heavy (non-hydrogen) atoms. The van der Waals surface area contributed by atoms with Gasteiger partial charge >= 0.3 is 6.18 Å². The Labute approximate surface area is 163 Å². The number of nitrogens with zero attached hydrogens (tertiary/aromatic N) is 3. The number of amides is 2. The first-order chi connectivity index (χ1) is 13.8. The van der Waals surface area contributed by atoms with E-state index in [-0.39, 0.29) is 24.8 Å². The molecule has 2 heterocycles. The van der Waals surface area contributed by atoms with Crippen LogP contribution in [-0.4, -0.2) is 33.1 Å². The zero-order valence-corrected chi connectivity index (χ0v) is 15.0. The van der Waals surface area contributed by atoms with E-state index >= 15 is 0 Å². The summed E-state index contributed by atoms with van der Waals surface area (Å²) >= 11 is 0. The fourth-order valence-electron chi connectivity index (χ4n) is 2.43. The summed E-state index contributed by atoms with van der Waals surface area (Å²) in [6.07, 6.45) is -0.239. The molecule has 0 aliphatic rings. The first kappa shape index (κ1) is 20.1. The van der Waals surface area contributed by atoms with Crippen molar-refractivity contribution in [3.8, 4) is 5.69 Å². The normalized spacial score (nSPS) is 11.1. The van der Waals surface area contributed by atoms with Crippen LogP contribution in [0.5, 0.6) is 0 Å². The molecule has 0 fully saturated rings. The van der Waals surface area contributed by atoms with Gasteiger partial charge in [0, 0.05) is 42.8 Å². The van der Waals surface area contributed by atoms with E-state index in [1.165, 1.54) is 30.7 Å². The Bertz CT molecular complexity index is 985. The molecule has 0 unspecified atom stereocenters. The lowest BCUT2D eigenvalue weighted by atomic mass is 10.2. The lowest BCUT2D eigenvalue weighted by Crippen LogP contribution is -2.27. The van der Waals surface area contributed by atoms with Crippen molar-refractivity contribution < 1.29 is 22.8 Å². The number of aromatic nitrogens is 3. The number of alkyl halides is 3. The summed E-state index contributed by atoms with van der Waals surface area (Å²) in [4.78, 5) is 27.7. The van der Waals surface area contributed by atoms with E-state index in [1.807, 2.05) is 0 Å². The van der Waals surface area contributed by atoms with Crippen LogP contribution in [-0.2, 0) is 11.0 Å². The van der Waals surface area contributed by atoms with Gasteiger partial charge < -0.3 is 10.6 Å². The van der Waals surface area contributed by atoms with Gasteiger partial charge in [-0.2, -0.15) is 18.3 Å². The summed E-state index contributed by atoms with van der Waals surface area (Å²) < 4.78 is 39.0. The van der Waals surface area contributed by atoms with Gasteiger partial charge in [-0.05, 0) is 42.5 Å². The number of carbonyl (C=O) groups excluding carboxylic acids is 2. The van der Waals surface area contributed by atoms with Crippen molar-refractivity contribution in [3.63, 3.8) is 0 Å². The first-order valence-corrected chi connectivity index (χ1v) is 8.54. The molecule has 3 aromatic rings. The molecule has 10 heteroatoms. The highest BCUT2D eigenvalue weighted by Crippen LogP contribution is 2.28. The second-order valence-corrected chi connectivity index (χ2v) is 5.98. The fourth-order valence-corrected chi connectivity index (χ4v) is 2.43. The number of halogens is 3. The van der Waals surface area contributed by atoms with Gasteiger partial charge in [-0.15, -0.1) is 0 Å². The van der Waals surface area contributed by atoms with Gasteiger partial charge in [0.2, 0.25) is 5.91 Å². The molecule has 0 saturated carbocycles. The SMILES string of the molecule is O=C(CCNC(=O)c1ccncc1)Nc1ccc(-n2ccc(C(F)(F)F)n2)cc1. The average Bonchev–Trinajstić information content (AvgIpc) is 3.20. The predicted octanol–water partition coefficient (Wildman–Crippen LogP) is 3.04. The van der Waals surface area contributed by atoms with Crippen LogP contribution in [0.15, 0.2) is 61.1 Å². The first-order valence-electron chi connectivity index (χ1n) is 8.54. The van der Waals surface area contributed by atoms with Crippen LogP contribution in [0.1, 0.15) is 22.5 Å². The number of anilines is 1. The van der Waals surface area contributed by atoms with Crippen molar-refractivity contribution in [1.29, 1.82) is 0 Å². The van der Waals surface area contributed by atoms with Gasteiger partial charge in [-0.1, -0.05) is 0 Å². The van der Waals surface area contributed by atoms with Gasteiger partial charge in [0.1, 0.15) is 0 Å². The smallest absolute Gasteiger partial charge is 0.352 e. The van der Waals surface area contributed by atoms with Crippen molar-refractivity contribution in [1.82, 2.24) is 20.1 Å². The average molecular weight is 403 g/mol. The summed E-state index contributed by atoms with van der Waals surface area (Å²) in [6, 6.07) is 10.2. The standard InChI is InChI=1S/C19H16F3N5O2/c20-19(21,22)16-8-12-27(26-16)15-3-1-14(2-4-15)25-17(28)7-11-24-18(29)13-5-9-23-10-6-13/h1-6,8-10,12H,7,11H2,(H,24,29)(H,25,28). The zero-order valence-electron chi connectivity index (χ0n) is 15.0. The number of hydrogen-bond acceptors (Lipinski definition) is 4. The van der Waals surface area contributed by atoms with Crippen LogP contribution in [0.25, 0.3) is 5.69 Å². The Hall–Kier alpha value is -3.69. The number of carbonyl (C=O) groups is 2. The van der Waals surface area contributed by atoms with Crippen molar-refractivity contribution in [2.75, 3.05) is 11.9 Å². The van der Waals surface area contributed by atoms with E-state index in [0.29, 0.717) is 16.9 Å². The number of nitrogens with one attached hydrogen (secondary N) is 2. The van der Waals surface area contributed by atoms with E-state index < -0.39 is 11.9 Å². The van der Waals surface area contributed by atoms with Crippen LogP contribution in [0.4, 0.5) is 18.9 Å². The molecule has 7 nitrogen and oxygen atoms in total. The molecular formula is C19H16F3N5O2. The van der Waals surface area contributed by atoms with Crippen LogP contribution in [0.2, 0.25) is 0 Å². The molecule has 0 atom stereocenters. The van der Waals surface area contributed by atoms with Crippen LogP contribution < -0.4 is 10.6 Å². The van der Waals surface area contributed by atoms with E-state index in [1.54, 1.807) is 24.3 Å². The highest BCUT2D eigenvalue weighted by Gasteiger charge is 2.33. The summed E-state index contributed by atoms with van der Waals surface area (Å²) in [5.41, 5.74) is 0.359. The molecule has 2 aromatic heterocycles. The highest BCUT2D eigenvalue weighted by atomic mass is 19.4. The number of rotatable bonds is 6. The zero-order chi connectivity index (χ0) is 20.9. The highest BCUT2D eigenvalue weighted by molar-refractivity contribution is 5.95. The third-order valence-electron chi connectivity index (χ3n) is 3.88. The van der Waals surface area contributed by atoms with Crippen LogP contribution >= 0.6 is 0 Å². The second-order valence-electron chi connectivity index (χ2n) is 5.98. The second kappa shape index (κ2) is 8.55. The molecule has 1 aromatic carbocycles. The molecular weight excluding hydrogens is 387 g/mol. The molecule has 0 bridgehead atoms. The maximum absolute atomic E-state index is 12.6. The minimum atomic E-state index is -4.51. The summed E-state index contributed by atoms with van der Waals surface area (Å²) in [5.74, 6) is -0.617. The van der Waals surface area contributed by atoms with Crippen molar-refractivity contribution >= 4 is 17.5 Å². The van der Waals surface area contributed by atoms with Crippen molar-refractivity contribution in [2.45, 2.75) is 12.6 Å². The Balaban J connectivity index is 1.50. The molecule has 0 saturated heterocycles. The molecule has 0 aliphatic carbocycles. The number of pyridine rings is 1. The van der Waals surface area contributed by atoms with Crippen LogP contribution in [0, 0.1) is 0 Å². The topological polar surface area (TPSA) is 88.9 Å². The Kier molecular flexibility index (Phi) is 5.91. The van der Waals surface area contributed by atoms with E-state index in [2.05, 4.69) is 20.7 Å². The minimum absolute atomic E-state index is 0.0622. The lowest BCUT2D eigenvalue weighted by Gasteiger charge is -2.08. The lowest BCUT2D eigenvalue weighted by molar-refractivity contribution is -0.141. The third kappa shape index (κ3) is 5.41. The van der Waals surface area contributed by atoms with Crippen molar-refractivity contribution in [3.05, 3.63) is 72.3 Å². The molecule has 0 aliphatic heterocycles. The quantitative estimate of drug-likeness (QED) is 0.662. The van der Waals surface area contributed by atoms with Crippen molar-refractivity contribution in [2.24, 2.45) is 0 Å². The minimum Gasteiger partial charge on any atom is -0.352 e.